The third kappa shape index (κ3) is 7.50. The molecule has 3 aromatic carbocycles. The van der Waals surface area contributed by atoms with Crippen molar-refractivity contribution in [1.29, 1.82) is 0 Å². The molecule has 4 N–H and O–H groups in total. The van der Waals surface area contributed by atoms with E-state index in [-0.39, 0.29) is 29.6 Å². The fraction of sp³-hybridized carbons (Fsp3) is 0.414. The molecular formula is C29H36N2O6. The van der Waals surface area contributed by atoms with E-state index in [0.29, 0.717) is 12.0 Å². The van der Waals surface area contributed by atoms with Gasteiger partial charge in [0.25, 0.3) is 0 Å². The molecule has 8 heteroatoms. The summed E-state index contributed by atoms with van der Waals surface area (Å²) in [5.74, 6) is -0.630. The van der Waals surface area contributed by atoms with Gasteiger partial charge < -0.3 is 25.6 Å². The third-order valence-corrected chi connectivity index (χ3v) is 6.30. The van der Waals surface area contributed by atoms with Crippen molar-refractivity contribution < 1.29 is 24.5 Å². The Bertz CT molecular complexity index is 1170. The Hall–Kier alpha value is -3.49. The Morgan fingerprint density at radius 3 is 2.03 bits per heavy atom. The number of nitrogens with one attached hydrogen (secondary N) is 2. The number of alkyl carbamates (subject to hydrolysis) is 1. The van der Waals surface area contributed by atoms with Gasteiger partial charge in [0.15, 0.2) is 5.43 Å². The molecule has 4 atom stereocenters. The topological polar surface area (TPSA) is 125 Å². The predicted octanol–water partition coefficient (Wildman–Crippen LogP) is 3.52. The van der Waals surface area contributed by atoms with Gasteiger partial charge >= 0.3 is 6.09 Å². The van der Waals surface area contributed by atoms with Crippen LogP contribution in [0.3, 0.4) is 0 Å². The van der Waals surface area contributed by atoms with Gasteiger partial charge in [-0.1, -0.05) is 88.4 Å². The number of ether oxygens (including phenoxy) is 1. The molecule has 2 unspecified atom stereocenters. The van der Waals surface area contributed by atoms with Gasteiger partial charge in [-0.25, -0.2) is 4.79 Å². The second kappa shape index (κ2) is 12.7. The fourth-order valence-electron chi connectivity index (χ4n) is 4.23. The molecule has 0 aliphatic carbocycles. The minimum atomic E-state index is -1.30. The van der Waals surface area contributed by atoms with E-state index >= 15 is 0 Å². The van der Waals surface area contributed by atoms with Crippen LogP contribution in [0.1, 0.15) is 68.6 Å². The Morgan fingerprint density at radius 2 is 1.46 bits per heavy atom. The van der Waals surface area contributed by atoms with Crippen LogP contribution < -0.4 is 16.1 Å². The molecule has 0 aromatic heterocycles. The van der Waals surface area contributed by atoms with Crippen LogP contribution in [-0.4, -0.2) is 34.3 Å². The smallest absolute Gasteiger partial charge is 0.408 e. The van der Waals surface area contributed by atoms with Crippen LogP contribution in [0.15, 0.2) is 65.5 Å². The zero-order valence-corrected chi connectivity index (χ0v) is 21.7. The second-order valence-corrected chi connectivity index (χ2v) is 10.1. The van der Waals surface area contributed by atoms with Crippen molar-refractivity contribution in [2.45, 2.75) is 65.0 Å². The van der Waals surface area contributed by atoms with E-state index in [1.807, 2.05) is 58.0 Å². The Kier molecular flexibility index (Phi) is 9.60. The van der Waals surface area contributed by atoms with Crippen LogP contribution in [-0.2, 0) is 16.1 Å². The summed E-state index contributed by atoms with van der Waals surface area (Å²) in [4.78, 5) is 38.2. The Labute approximate surface area is 217 Å². The van der Waals surface area contributed by atoms with E-state index in [9.17, 15) is 24.6 Å². The van der Waals surface area contributed by atoms with Gasteiger partial charge in [0.05, 0.1) is 6.04 Å². The van der Waals surface area contributed by atoms with E-state index in [1.165, 1.54) is 0 Å². The number of carbonyl (C=O) groups excluding carboxylic acids is 2. The van der Waals surface area contributed by atoms with Crippen LogP contribution in [0, 0.1) is 11.8 Å². The van der Waals surface area contributed by atoms with Gasteiger partial charge in [0, 0.05) is 11.1 Å². The maximum atomic E-state index is 13.2. The van der Waals surface area contributed by atoms with Crippen molar-refractivity contribution in [3.05, 3.63) is 93.1 Å². The highest BCUT2D eigenvalue weighted by Crippen LogP contribution is 2.33. The van der Waals surface area contributed by atoms with E-state index in [1.54, 1.807) is 30.3 Å². The molecule has 0 aliphatic rings. The van der Waals surface area contributed by atoms with Gasteiger partial charge in [0.1, 0.15) is 24.9 Å². The van der Waals surface area contributed by atoms with Crippen molar-refractivity contribution in [2.75, 3.05) is 0 Å². The SMILES string of the molecule is CC(C)C[C@H](NC(=O)OCc1ccccc1)C(=O)N[C@@H](C(C)C)C(O)c1c(C(O)c2ccccc2)c1=O. The summed E-state index contributed by atoms with van der Waals surface area (Å²) < 4.78 is 5.28. The highest BCUT2D eigenvalue weighted by atomic mass is 16.5. The zero-order chi connectivity index (χ0) is 27.1. The van der Waals surface area contributed by atoms with Crippen molar-refractivity contribution in [1.82, 2.24) is 10.6 Å². The largest absolute Gasteiger partial charge is 0.445 e. The fourth-order valence-corrected chi connectivity index (χ4v) is 4.23. The van der Waals surface area contributed by atoms with Gasteiger partial charge in [-0.3, -0.25) is 9.59 Å². The predicted molar refractivity (Wildman–Crippen MR) is 140 cm³/mol. The number of hydrogen-bond acceptors (Lipinski definition) is 6. The third-order valence-electron chi connectivity index (χ3n) is 6.30. The van der Waals surface area contributed by atoms with Crippen molar-refractivity contribution in [3.63, 3.8) is 0 Å². The molecule has 0 heterocycles. The monoisotopic (exact) mass is 508 g/mol. The molecule has 0 saturated carbocycles. The molecule has 37 heavy (non-hydrogen) atoms. The molecule has 8 nitrogen and oxygen atoms in total. The first-order valence-corrected chi connectivity index (χ1v) is 12.6. The normalized spacial score (nSPS) is 14.8. The number of amides is 2. The average Bonchev–Trinajstić information content (AvgIpc) is 3.55. The van der Waals surface area contributed by atoms with Gasteiger partial charge in [-0.05, 0) is 29.4 Å². The molecule has 3 aromatic rings. The van der Waals surface area contributed by atoms with Gasteiger partial charge in [0.2, 0.25) is 5.91 Å². The lowest BCUT2D eigenvalue weighted by Gasteiger charge is -2.29. The summed E-state index contributed by atoms with van der Waals surface area (Å²) in [5.41, 5.74) is 1.24. The maximum Gasteiger partial charge on any atom is 0.408 e. The van der Waals surface area contributed by atoms with E-state index < -0.39 is 41.7 Å². The van der Waals surface area contributed by atoms with E-state index in [2.05, 4.69) is 10.6 Å². The molecule has 0 spiro atoms. The molecule has 0 radical (unpaired) electrons. The number of carbonyl (C=O) groups is 2. The summed E-state index contributed by atoms with van der Waals surface area (Å²) in [7, 11) is 0. The standard InChI is InChI=1S/C29H36N2O6/c1-17(2)15-21(30-29(36)37-16-19-11-7-5-8-12-19)28(35)31-24(18(3)4)27(34)23-22(26(23)33)25(32)20-13-9-6-10-14-20/h5-14,17-18,21,24-25,27,32,34H,15-16H2,1-4H3,(H,30,36)(H,31,35)/t21-,24-,25?,27?/m0/s1. The number of rotatable bonds is 12. The van der Waals surface area contributed by atoms with Crippen molar-refractivity contribution in [2.24, 2.45) is 11.8 Å². The Morgan fingerprint density at radius 1 is 0.865 bits per heavy atom. The maximum absolute atomic E-state index is 13.2. The molecule has 2 amide bonds. The highest BCUT2D eigenvalue weighted by Gasteiger charge is 2.40. The summed E-state index contributed by atoms with van der Waals surface area (Å²) in [6.45, 7) is 7.55. The van der Waals surface area contributed by atoms with Gasteiger partial charge in [-0.2, -0.15) is 0 Å². The average molecular weight is 509 g/mol. The summed E-state index contributed by atoms with van der Waals surface area (Å²) in [6.07, 6.45) is -2.81. The molecule has 198 valence electrons. The summed E-state index contributed by atoms with van der Waals surface area (Å²) in [5, 5.41) is 27.1. The lowest BCUT2D eigenvalue weighted by molar-refractivity contribution is -0.125. The molecule has 0 fully saturated rings. The second-order valence-electron chi connectivity index (χ2n) is 10.1. The van der Waals surface area contributed by atoms with Crippen LogP contribution in [0.5, 0.6) is 0 Å². The molecule has 0 aliphatic heterocycles. The highest BCUT2D eigenvalue weighted by molar-refractivity contribution is 5.86. The molecule has 0 bridgehead atoms. The van der Waals surface area contributed by atoms with Crippen molar-refractivity contribution >= 4 is 12.0 Å². The molecular weight excluding hydrogens is 472 g/mol. The van der Waals surface area contributed by atoms with Crippen LogP contribution >= 0.6 is 0 Å². The van der Waals surface area contributed by atoms with Crippen LogP contribution in [0.4, 0.5) is 4.79 Å². The lowest BCUT2D eigenvalue weighted by Crippen LogP contribution is -2.52. The van der Waals surface area contributed by atoms with Crippen LogP contribution in [0.25, 0.3) is 0 Å². The quantitative estimate of drug-likeness (QED) is 0.297. The van der Waals surface area contributed by atoms with E-state index in [0.717, 1.165) is 5.56 Å². The van der Waals surface area contributed by atoms with Crippen molar-refractivity contribution in [3.8, 4) is 0 Å². The first-order chi connectivity index (χ1) is 17.6. The van der Waals surface area contributed by atoms with Crippen LogP contribution in [0.2, 0.25) is 0 Å². The zero-order valence-electron chi connectivity index (χ0n) is 21.7. The first-order valence-electron chi connectivity index (χ1n) is 12.6. The number of hydrogen-bond donors (Lipinski definition) is 4. The lowest BCUT2D eigenvalue weighted by atomic mass is 9.94. The summed E-state index contributed by atoms with van der Waals surface area (Å²) >= 11 is 0. The molecule has 0 saturated heterocycles. The minimum Gasteiger partial charge on any atom is -0.445 e. The minimum absolute atomic E-state index is 0.0683. The number of aliphatic hydroxyl groups excluding tert-OH is 2. The number of aliphatic hydroxyl groups is 2. The molecule has 3 rings (SSSR count). The number of benzene rings is 2. The van der Waals surface area contributed by atoms with E-state index in [4.69, 9.17) is 4.74 Å². The van der Waals surface area contributed by atoms with Gasteiger partial charge in [-0.15, -0.1) is 0 Å². The summed E-state index contributed by atoms with van der Waals surface area (Å²) in [6, 6.07) is 16.2. The first kappa shape index (κ1) is 28.1. The Balaban J connectivity index is 1.68.